The predicted octanol–water partition coefficient (Wildman–Crippen LogP) is 3.34. The first kappa shape index (κ1) is 17.0. The summed E-state index contributed by atoms with van der Waals surface area (Å²) in [5, 5.41) is 0. The summed E-state index contributed by atoms with van der Waals surface area (Å²) >= 11 is 3.52. The Hall–Kier alpha value is -2.44. The molecule has 0 unspecified atom stereocenters. The molecule has 0 aliphatic carbocycles. The van der Waals surface area contributed by atoms with Crippen LogP contribution in [0.25, 0.3) is 11.4 Å². The first-order valence-electron chi connectivity index (χ1n) is 8.53. The largest absolute Gasteiger partial charge is 0.399 e. The molecule has 0 saturated carbocycles. The standard InChI is InChI=1S/C20H19BrN4O/c21-15-3-1-2-13(10-15)11-25-9-8-17-18(12-25)23-19(24-20(17)26)14-4-6-16(22)7-5-14/h1-7,10H,8-9,11-12,22H2,(H,23,24,26). The number of aromatic nitrogens is 2. The number of hydrogen-bond acceptors (Lipinski definition) is 4. The van der Waals surface area contributed by atoms with E-state index in [1.165, 1.54) is 5.56 Å². The van der Waals surface area contributed by atoms with Crippen LogP contribution in [0.2, 0.25) is 0 Å². The third-order valence-corrected chi connectivity index (χ3v) is 5.13. The minimum atomic E-state index is -0.0380. The zero-order valence-electron chi connectivity index (χ0n) is 14.2. The summed E-state index contributed by atoms with van der Waals surface area (Å²) in [7, 11) is 0. The number of nitrogen functional groups attached to an aromatic ring is 1. The van der Waals surface area contributed by atoms with Gasteiger partial charge >= 0.3 is 0 Å². The third-order valence-electron chi connectivity index (χ3n) is 4.63. The van der Waals surface area contributed by atoms with Gasteiger partial charge in [-0.25, -0.2) is 4.98 Å². The molecule has 1 aliphatic heterocycles. The van der Waals surface area contributed by atoms with Crippen LogP contribution in [0.3, 0.4) is 0 Å². The fourth-order valence-electron chi connectivity index (χ4n) is 3.30. The minimum Gasteiger partial charge on any atom is -0.399 e. The molecule has 3 aromatic rings. The number of H-pyrrole nitrogens is 1. The highest BCUT2D eigenvalue weighted by molar-refractivity contribution is 9.10. The minimum absolute atomic E-state index is 0.0380. The van der Waals surface area contributed by atoms with E-state index in [0.717, 1.165) is 34.4 Å². The molecular formula is C20H19BrN4O. The Morgan fingerprint density at radius 1 is 1.19 bits per heavy atom. The SMILES string of the molecule is Nc1ccc(-c2nc3c(c(=O)[nH]2)CCN(Cc2cccc(Br)c2)C3)cc1. The van der Waals surface area contributed by atoms with Gasteiger partial charge in [0.25, 0.3) is 5.56 Å². The van der Waals surface area contributed by atoms with Gasteiger partial charge in [0.15, 0.2) is 0 Å². The maximum atomic E-state index is 12.5. The second kappa shape index (κ2) is 7.05. The van der Waals surface area contributed by atoms with Crippen LogP contribution in [0.15, 0.2) is 57.8 Å². The zero-order valence-corrected chi connectivity index (χ0v) is 15.8. The molecule has 0 amide bonds. The second-order valence-corrected chi connectivity index (χ2v) is 7.47. The summed E-state index contributed by atoms with van der Waals surface area (Å²) in [5.41, 5.74) is 10.2. The van der Waals surface area contributed by atoms with Crippen molar-refractivity contribution in [1.29, 1.82) is 0 Å². The Kier molecular flexibility index (Phi) is 4.61. The monoisotopic (exact) mass is 410 g/mol. The normalized spacial score (nSPS) is 14.2. The molecule has 3 N–H and O–H groups in total. The van der Waals surface area contributed by atoms with Crippen LogP contribution in [0, 0.1) is 0 Å². The van der Waals surface area contributed by atoms with Gasteiger partial charge in [0.1, 0.15) is 5.82 Å². The lowest BCUT2D eigenvalue weighted by molar-refractivity contribution is 0.240. The van der Waals surface area contributed by atoms with Crippen molar-refractivity contribution >= 4 is 21.6 Å². The van der Waals surface area contributed by atoms with Crippen molar-refractivity contribution in [2.45, 2.75) is 19.5 Å². The van der Waals surface area contributed by atoms with Gasteiger partial charge in [-0.2, -0.15) is 0 Å². The molecule has 26 heavy (non-hydrogen) atoms. The van der Waals surface area contributed by atoms with Gasteiger partial charge in [-0.05, 0) is 48.4 Å². The molecule has 0 radical (unpaired) electrons. The van der Waals surface area contributed by atoms with Crippen LogP contribution in [0.5, 0.6) is 0 Å². The number of benzene rings is 2. The first-order valence-corrected chi connectivity index (χ1v) is 9.32. The Bertz CT molecular complexity index is 997. The van der Waals surface area contributed by atoms with E-state index in [1.54, 1.807) is 0 Å². The van der Waals surface area contributed by atoms with Gasteiger partial charge in [-0.15, -0.1) is 0 Å². The number of nitrogens with zero attached hydrogens (tertiary/aromatic N) is 2. The number of rotatable bonds is 3. The molecule has 0 fully saturated rings. The van der Waals surface area contributed by atoms with E-state index < -0.39 is 0 Å². The van der Waals surface area contributed by atoms with Crippen molar-refractivity contribution < 1.29 is 0 Å². The summed E-state index contributed by atoms with van der Waals surface area (Å²) in [6, 6.07) is 15.7. The van der Waals surface area contributed by atoms with Gasteiger partial charge in [0.2, 0.25) is 0 Å². The van der Waals surface area contributed by atoms with Crippen LogP contribution in [-0.4, -0.2) is 21.4 Å². The van der Waals surface area contributed by atoms with Crippen LogP contribution in [0.4, 0.5) is 5.69 Å². The Balaban J connectivity index is 1.61. The van der Waals surface area contributed by atoms with Crippen LogP contribution >= 0.6 is 15.9 Å². The van der Waals surface area contributed by atoms with Gasteiger partial charge in [-0.3, -0.25) is 9.69 Å². The van der Waals surface area contributed by atoms with E-state index in [4.69, 9.17) is 10.7 Å². The fourth-order valence-corrected chi connectivity index (χ4v) is 3.75. The highest BCUT2D eigenvalue weighted by Crippen LogP contribution is 2.21. The van der Waals surface area contributed by atoms with Crippen LogP contribution in [0.1, 0.15) is 16.8 Å². The van der Waals surface area contributed by atoms with E-state index in [-0.39, 0.29) is 5.56 Å². The molecule has 0 bridgehead atoms. The second-order valence-electron chi connectivity index (χ2n) is 6.55. The molecule has 132 valence electrons. The average Bonchev–Trinajstić information content (AvgIpc) is 2.62. The molecule has 0 spiro atoms. The van der Waals surface area contributed by atoms with E-state index in [0.29, 0.717) is 24.5 Å². The van der Waals surface area contributed by atoms with Crippen molar-refractivity contribution in [3.05, 3.63) is 80.2 Å². The predicted molar refractivity (Wildman–Crippen MR) is 107 cm³/mol. The van der Waals surface area contributed by atoms with Crippen molar-refractivity contribution in [3.8, 4) is 11.4 Å². The Morgan fingerprint density at radius 3 is 2.77 bits per heavy atom. The van der Waals surface area contributed by atoms with E-state index in [9.17, 15) is 4.79 Å². The lowest BCUT2D eigenvalue weighted by atomic mass is 10.0. The van der Waals surface area contributed by atoms with Gasteiger partial charge in [0, 0.05) is 40.9 Å². The van der Waals surface area contributed by atoms with Gasteiger partial charge in [0.05, 0.1) is 5.69 Å². The van der Waals surface area contributed by atoms with E-state index in [2.05, 4.69) is 37.9 Å². The van der Waals surface area contributed by atoms with Gasteiger partial charge < -0.3 is 10.7 Å². The Morgan fingerprint density at radius 2 is 2.00 bits per heavy atom. The van der Waals surface area contributed by atoms with Crippen molar-refractivity contribution in [3.63, 3.8) is 0 Å². The van der Waals surface area contributed by atoms with Crippen LogP contribution < -0.4 is 11.3 Å². The molecule has 4 rings (SSSR count). The number of nitrogens with one attached hydrogen (secondary N) is 1. The molecule has 2 aromatic carbocycles. The van der Waals surface area contributed by atoms with Crippen molar-refractivity contribution in [1.82, 2.24) is 14.9 Å². The lowest BCUT2D eigenvalue weighted by Gasteiger charge is -2.27. The summed E-state index contributed by atoms with van der Waals surface area (Å²) in [6.07, 6.45) is 0.716. The summed E-state index contributed by atoms with van der Waals surface area (Å²) < 4.78 is 1.08. The molecule has 1 aliphatic rings. The fraction of sp³-hybridized carbons (Fsp3) is 0.200. The number of hydrogen-bond donors (Lipinski definition) is 2. The maximum Gasteiger partial charge on any atom is 0.254 e. The summed E-state index contributed by atoms with van der Waals surface area (Å²) in [5.74, 6) is 0.595. The molecule has 0 atom stereocenters. The number of nitrogens with two attached hydrogens (primary N) is 1. The highest BCUT2D eigenvalue weighted by atomic mass is 79.9. The molecule has 0 saturated heterocycles. The quantitative estimate of drug-likeness (QED) is 0.649. The molecule has 6 heteroatoms. The van der Waals surface area contributed by atoms with Gasteiger partial charge in [-0.1, -0.05) is 28.1 Å². The Labute approximate surface area is 160 Å². The average molecular weight is 411 g/mol. The van der Waals surface area contributed by atoms with Crippen molar-refractivity contribution in [2.24, 2.45) is 0 Å². The maximum absolute atomic E-state index is 12.5. The number of anilines is 1. The smallest absolute Gasteiger partial charge is 0.254 e. The number of fused-ring (bicyclic) bond motifs is 1. The summed E-state index contributed by atoms with van der Waals surface area (Å²) in [4.78, 5) is 22.5. The lowest BCUT2D eigenvalue weighted by Crippen LogP contribution is -2.35. The summed E-state index contributed by atoms with van der Waals surface area (Å²) in [6.45, 7) is 2.36. The van der Waals surface area contributed by atoms with Crippen LogP contribution in [-0.2, 0) is 19.5 Å². The molecular weight excluding hydrogens is 392 g/mol. The van der Waals surface area contributed by atoms with E-state index >= 15 is 0 Å². The molecule has 5 nitrogen and oxygen atoms in total. The first-order chi connectivity index (χ1) is 12.6. The van der Waals surface area contributed by atoms with Crippen molar-refractivity contribution in [2.75, 3.05) is 12.3 Å². The topological polar surface area (TPSA) is 75.0 Å². The highest BCUT2D eigenvalue weighted by Gasteiger charge is 2.21. The third kappa shape index (κ3) is 3.57. The number of halogens is 1. The zero-order chi connectivity index (χ0) is 18.1. The number of aromatic amines is 1. The molecule has 2 heterocycles. The molecule has 1 aromatic heterocycles. The van der Waals surface area contributed by atoms with E-state index in [1.807, 2.05) is 36.4 Å².